The summed E-state index contributed by atoms with van der Waals surface area (Å²) in [6.07, 6.45) is -2.44. The lowest BCUT2D eigenvalue weighted by Gasteiger charge is -2.38. The third-order valence-corrected chi connectivity index (χ3v) is 3.22. The summed E-state index contributed by atoms with van der Waals surface area (Å²) in [5, 5.41) is 0. The molecular weight excluding hydrogens is 301 g/mol. The molecule has 0 N–H and O–H groups in total. The van der Waals surface area contributed by atoms with Crippen molar-refractivity contribution in [1.29, 1.82) is 0 Å². The quantitative estimate of drug-likeness (QED) is 0.874. The highest BCUT2D eigenvalue weighted by Crippen LogP contribution is 2.35. The number of nitrogens with zero attached hydrogens (tertiary/aromatic N) is 2. The molecule has 1 aliphatic heterocycles. The molecule has 1 fully saturated rings. The Bertz CT molecular complexity index is 664. The van der Waals surface area contributed by atoms with Crippen molar-refractivity contribution in [3.63, 3.8) is 0 Å². The van der Waals surface area contributed by atoms with Gasteiger partial charge in [-0.25, -0.2) is 4.98 Å². The van der Waals surface area contributed by atoms with E-state index in [0.717, 1.165) is 6.07 Å². The number of likely N-dealkylation sites (tertiary alicyclic amines) is 1. The van der Waals surface area contributed by atoms with Gasteiger partial charge in [0.2, 0.25) is 5.88 Å². The summed E-state index contributed by atoms with van der Waals surface area (Å²) in [6.45, 7) is 0.376. The van der Waals surface area contributed by atoms with Crippen molar-refractivity contribution in [3.05, 3.63) is 48.0 Å². The van der Waals surface area contributed by atoms with Crippen LogP contribution in [0.4, 0.5) is 13.2 Å². The Labute approximate surface area is 123 Å². The monoisotopic (exact) mass is 312 g/mol. The van der Waals surface area contributed by atoms with Crippen LogP contribution in [-0.2, 0) is 6.18 Å². The van der Waals surface area contributed by atoms with Gasteiger partial charge in [0, 0.05) is 6.20 Å². The van der Waals surface area contributed by atoms with Crippen molar-refractivity contribution in [2.75, 3.05) is 13.1 Å². The Balaban J connectivity index is 1.62. The molecule has 3 rings (SSSR count). The van der Waals surface area contributed by atoms with Crippen molar-refractivity contribution in [2.45, 2.75) is 12.3 Å². The lowest BCUT2D eigenvalue weighted by atomic mass is 10.1. The standard InChI is InChI=1S/C14H11F3N2O3/c15-14(16,17)10-3-1-5-18-12(10)22-9-7-19(8-9)13(20)11-4-2-6-21-11/h1-6,9H,7-8H2. The van der Waals surface area contributed by atoms with Crippen LogP contribution >= 0.6 is 0 Å². The molecule has 0 atom stereocenters. The van der Waals surface area contributed by atoms with Crippen LogP contribution in [0, 0.1) is 0 Å². The lowest BCUT2D eigenvalue weighted by molar-refractivity contribution is -0.140. The Kier molecular flexibility index (Phi) is 3.51. The third kappa shape index (κ3) is 2.76. The Morgan fingerprint density at radius 3 is 2.73 bits per heavy atom. The zero-order valence-corrected chi connectivity index (χ0v) is 11.2. The number of hydrogen-bond donors (Lipinski definition) is 0. The second-order valence-corrected chi connectivity index (χ2v) is 4.78. The zero-order chi connectivity index (χ0) is 15.7. The molecule has 8 heteroatoms. The van der Waals surface area contributed by atoms with Gasteiger partial charge in [0.05, 0.1) is 19.4 Å². The predicted octanol–water partition coefficient (Wildman–Crippen LogP) is 2.60. The first kappa shape index (κ1) is 14.4. The van der Waals surface area contributed by atoms with E-state index in [2.05, 4.69) is 4.98 Å². The lowest BCUT2D eigenvalue weighted by Crippen LogP contribution is -2.56. The second-order valence-electron chi connectivity index (χ2n) is 4.78. The summed E-state index contributed by atoms with van der Waals surface area (Å²) < 4.78 is 48.7. The van der Waals surface area contributed by atoms with Crippen LogP contribution in [0.15, 0.2) is 41.1 Å². The molecule has 0 unspecified atom stereocenters. The maximum atomic E-state index is 12.8. The third-order valence-electron chi connectivity index (χ3n) is 3.22. The minimum Gasteiger partial charge on any atom is -0.470 e. The molecule has 1 amide bonds. The van der Waals surface area contributed by atoms with Crippen LogP contribution in [0.25, 0.3) is 0 Å². The smallest absolute Gasteiger partial charge is 0.421 e. The summed E-state index contributed by atoms with van der Waals surface area (Å²) in [6, 6.07) is 5.22. The van der Waals surface area contributed by atoms with Gasteiger partial charge < -0.3 is 14.1 Å². The van der Waals surface area contributed by atoms with Gasteiger partial charge in [-0.2, -0.15) is 13.2 Å². The molecule has 0 bridgehead atoms. The number of pyridine rings is 1. The molecule has 5 nitrogen and oxygen atoms in total. The van der Waals surface area contributed by atoms with Crippen LogP contribution in [0.5, 0.6) is 5.88 Å². The van der Waals surface area contributed by atoms with Gasteiger partial charge in [0.15, 0.2) is 5.76 Å². The SMILES string of the molecule is O=C(c1ccco1)N1CC(Oc2ncccc2C(F)(F)F)C1. The zero-order valence-electron chi connectivity index (χ0n) is 11.2. The average molecular weight is 312 g/mol. The normalized spacial score (nSPS) is 15.5. The molecule has 2 aromatic heterocycles. The largest absolute Gasteiger partial charge is 0.470 e. The molecule has 0 radical (unpaired) electrons. The van der Waals surface area contributed by atoms with Crippen molar-refractivity contribution in [1.82, 2.24) is 9.88 Å². The van der Waals surface area contributed by atoms with Crippen LogP contribution in [0.3, 0.4) is 0 Å². The molecule has 0 saturated carbocycles. The first-order valence-electron chi connectivity index (χ1n) is 6.47. The number of carbonyl (C=O) groups is 1. The Morgan fingerprint density at radius 2 is 2.09 bits per heavy atom. The second kappa shape index (κ2) is 5.36. The predicted molar refractivity (Wildman–Crippen MR) is 68.3 cm³/mol. The minimum atomic E-state index is -4.53. The number of hydrogen-bond acceptors (Lipinski definition) is 4. The van der Waals surface area contributed by atoms with Gasteiger partial charge in [0.1, 0.15) is 11.7 Å². The van der Waals surface area contributed by atoms with Crippen molar-refractivity contribution < 1.29 is 27.1 Å². The van der Waals surface area contributed by atoms with Gasteiger partial charge in [0.25, 0.3) is 5.91 Å². The number of amides is 1. The van der Waals surface area contributed by atoms with Crippen molar-refractivity contribution in [3.8, 4) is 5.88 Å². The highest BCUT2D eigenvalue weighted by atomic mass is 19.4. The highest BCUT2D eigenvalue weighted by Gasteiger charge is 2.38. The van der Waals surface area contributed by atoms with E-state index in [1.807, 2.05) is 0 Å². The number of furan rings is 1. The number of aromatic nitrogens is 1. The minimum absolute atomic E-state index is 0.187. The molecular formula is C14H11F3N2O3. The van der Waals surface area contributed by atoms with E-state index in [0.29, 0.717) is 0 Å². The summed E-state index contributed by atoms with van der Waals surface area (Å²) in [5.41, 5.74) is -0.925. The number of ether oxygens (including phenoxy) is 1. The maximum absolute atomic E-state index is 12.8. The highest BCUT2D eigenvalue weighted by molar-refractivity contribution is 5.92. The molecule has 22 heavy (non-hydrogen) atoms. The van der Waals surface area contributed by atoms with Crippen LogP contribution < -0.4 is 4.74 Å². The average Bonchev–Trinajstić information content (AvgIpc) is 2.95. The first-order chi connectivity index (χ1) is 10.4. The van der Waals surface area contributed by atoms with Crippen molar-refractivity contribution >= 4 is 5.91 Å². The fraction of sp³-hybridized carbons (Fsp3) is 0.286. The van der Waals surface area contributed by atoms with Crippen LogP contribution in [0.1, 0.15) is 16.1 Å². The summed E-state index contributed by atoms with van der Waals surface area (Å²) in [4.78, 5) is 16.9. The number of carbonyl (C=O) groups excluding carboxylic acids is 1. The van der Waals surface area contributed by atoms with Crippen molar-refractivity contribution in [2.24, 2.45) is 0 Å². The van der Waals surface area contributed by atoms with E-state index in [9.17, 15) is 18.0 Å². The maximum Gasteiger partial charge on any atom is 0.421 e. The Hall–Kier alpha value is -2.51. The topological polar surface area (TPSA) is 55.6 Å². The summed E-state index contributed by atoms with van der Waals surface area (Å²) >= 11 is 0. The molecule has 0 aromatic carbocycles. The molecule has 3 heterocycles. The van der Waals surface area contributed by atoms with E-state index >= 15 is 0 Å². The van der Waals surface area contributed by atoms with E-state index in [1.165, 1.54) is 29.5 Å². The van der Waals surface area contributed by atoms with Gasteiger partial charge >= 0.3 is 6.18 Å². The van der Waals surface area contributed by atoms with Gasteiger partial charge in [-0.3, -0.25) is 4.79 Å². The number of rotatable bonds is 3. The molecule has 1 saturated heterocycles. The van der Waals surface area contributed by atoms with E-state index < -0.39 is 23.7 Å². The first-order valence-corrected chi connectivity index (χ1v) is 6.47. The fourth-order valence-electron chi connectivity index (χ4n) is 2.09. The van der Waals surface area contributed by atoms with E-state index in [1.54, 1.807) is 6.07 Å². The van der Waals surface area contributed by atoms with Crippen LogP contribution in [-0.4, -0.2) is 35.0 Å². The molecule has 0 aliphatic carbocycles. The van der Waals surface area contributed by atoms with E-state index in [4.69, 9.17) is 9.15 Å². The van der Waals surface area contributed by atoms with Crippen LogP contribution in [0.2, 0.25) is 0 Å². The molecule has 0 spiro atoms. The van der Waals surface area contributed by atoms with Gasteiger partial charge in [-0.15, -0.1) is 0 Å². The van der Waals surface area contributed by atoms with Gasteiger partial charge in [-0.1, -0.05) is 0 Å². The molecule has 116 valence electrons. The Morgan fingerprint density at radius 1 is 1.32 bits per heavy atom. The summed E-state index contributed by atoms with van der Waals surface area (Å²) in [7, 11) is 0. The van der Waals surface area contributed by atoms with E-state index in [-0.39, 0.29) is 24.8 Å². The summed E-state index contributed by atoms with van der Waals surface area (Å²) in [5.74, 6) is -0.598. The van der Waals surface area contributed by atoms with Gasteiger partial charge in [-0.05, 0) is 24.3 Å². The molecule has 1 aliphatic rings. The number of alkyl halides is 3. The number of halogens is 3. The molecule has 2 aromatic rings. The fourth-order valence-corrected chi connectivity index (χ4v) is 2.09.